The molecule has 5 heteroatoms. The maximum atomic E-state index is 4.28. The smallest absolute Gasteiger partial charge is 0.141 e. The lowest BCUT2D eigenvalue weighted by molar-refractivity contribution is 0.475. The average molecular weight is 250 g/mol. The molecule has 0 saturated heterocycles. The number of thiophene rings is 1. The Labute approximate surface area is 106 Å². The van der Waals surface area contributed by atoms with E-state index in [4.69, 9.17) is 0 Å². The fraction of sp³-hybridized carbons (Fsp3) is 0.500. The maximum Gasteiger partial charge on any atom is 0.141 e. The van der Waals surface area contributed by atoms with Gasteiger partial charge in [0, 0.05) is 17.0 Å². The van der Waals surface area contributed by atoms with Crippen molar-refractivity contribution in [3.63, 3.8) is 0 Å². The number of aromatic nitrogens is 3. The summed E-state index contributed by atoms with van der Waals surface area (Å²) in [5.41, 5.74) is 0. The number of nitrogens with zero attached hydrogens (tertiary/aromatic N) is 3. The van der Waals surface area contributed by atoms with Crippen molar-refractivity contribution >= 4 is 11.3 Å². The lowest BCUT2D eigenvalue weighted by atomic mass is 10.3. The third kappa shape index (κ3) is 2.92. The van der Waals surface area contributed by atoms with E-state index in [-0.39, 0.29) is 0 Å². The average Bonchev–Trinajstić information content (AvgIpc) is 2.96. The summed E-state index contributed by atoms with van der Waals surface area (Å²) in [5.74, 6) is 0.989. The van der Waals surface area contributed by atoms with Crippen molar-refractivity contribution in [1.29, 1.82) is 0 Å². The van der Waals surface area contributed by atoms with Crippen molar-refractivity contribution in [1.82, 2.24) is 20.1 Å². The zero-order valence-corrected chi connectivity index (χ0v) is 11.2. The Morgan fingerprint density at radius 2 is 2.24 bits per heavy atom. The van der Waals surface area contributed by atoms with Crippen LogP contribution in [0.3, 0.4) is 0 Å². The van der Waals surface area contributed by atoms with Crippen LogP contribution in [0.5, 0.6) is 0 Å². The third-order valence-electron chi connectivity index (χ3n) is 2.67. The highest BCUT2D eigenvalue weighted by Crippen LogP contribution is 2.18. The molecule has 0 spiro atoms. The Balaban J connectivity index is 1.96. The Hall–Kier alpha value is -1.20. The third-order valence-corrected chi connectivity index (χ3v) is 3.73. The fourth-order valence-corrected chi connectivity index (χ4v) is 2.47. The Morgan fingerprint density at radius 1 is 1.41 bits per heavy atom. The molecular weight excluding hydrogens is 232 g/mol. The highest BCUT2D eigenvalue weighted by Gasteiger charge is 2.10. The minimum Gasteiger partial charge on any atom is -0.302 e. The molecule has 4 nitrogen and oxygen atoms in total. The molecule has 0 radical (unpaired) electrons. The highest BCUT2D eigenvalue weighted by atomic mass is 32.1. The summed E-state index contributed by atoms with van der Waals surface area (Å²) in [7, 11) is 0. The summed E-state index contributed by atoms with van der Waals surface area (Å²) in [5, 5.41) is 9.80. The van der Waals surface area contributed by atoms with E-state index in [2.05, 4.69) is 53.7 Å². The van der Waals surface area contributed by atoms with Gasteiger partial charge in [0.15, 0.2) is 0 Å². The Morgan fingerprint density at radius 3 is 2.88 bits per heavy atom. The van der Waals surface area contributed by atoms with Crippen LogP contribution in [0.15, 0.2) is 23.8 Å². The SMILES string of the molecule is CC(NCc1ncnn1C(C)C)c1cccs1. The van der Waals surface area contributed by atoms with Gasteiger partial charge in [-0.25, -0.2) is 9.67 Å². The molecule has 0 aliphatic heterocycles. The normalized spacial score (nSPS) is 13.2. The first-order chi connectivity index (χ1) is 8.18. The monoisotopic (exact) mass is 250 g/mol. The van der Waals surface area contributed by atoms with Crippen molar-refractivity contribution < 1.29 is 0 Å². The van der Waals surface area contributed by atoms with Gasteiger partial charge >= 0.3 is 0 Å². The van der Waals surface area contributed by atoms with Gasteiger partial charge in [-0.15, -0.1) is 11.3 Å². The molecule has 2 rings (SSSR count). The van der Waals surface area contributed by atoms with Crippen molar-refractivity contribution in [2.24, 2.45) is 0 Å². The van der Waals surface area contributed by atoms with Crippen LogP contribution in [0.2, 0.25) is 0 Å². The molecule has 2 heterocycles. The van der Waals surface area contributed by atoms with Gasteiger partial charge in [0.25, 0.3) is 0 Å². The molecule has 0 aromatic carbocycles. The predicted octanol–water partition coefficient (Wildman–Crippen LogP) is 2.77. The Bertz CT molecular complexity index is 447. The molecule has 0 amide bonds. The number of hydrogen-bond acceptors (Lipinski definition) is 4. The second kappa shape index (κ2) is 5.42. The van der Waals surface area contributed by atoms with Crippen LogP contribution in [-0.4, -0.2) is 14.8 Å². The number of rotatable bonds is 5. The first-order valence-corrected chi connectivity index (χ1v) is 6.71. The molecule has 92 valence electrons. The van der Waals surface area contributed by atoms with Crippen molar-refractivity contribution in [2.75, 3.05) is 0 Å². The minimum atomic E-state index is 0.353. The van der Waals surface area contributed by atoms with Crippen LogP contribution >= 0.6 is 11.3 Å². The lowest BCUT2D eigenvalue weighted by Gasteiger charge is -2.13. The quantitative estimate of drug-likeness (QED) is 0.887. The Kier molecular flexibility index (Phi) is 3.91. The highest BCUT2D eigenvalue weighted by molar-refractivity contribution is 7.10. The summed E-state index contributed by atoms with van der Waals surface area (Å²) < 4.78 is 1.95. The second-order valence-electron chi connectivity index (χ2n) is 4.33. The molecule has 17 heavy (non-hydrogen) atoms. The molecule has 1 N–H and O–H groups in total. The van der Waals surface area contributed by atoms with Crippen molar-refractivity contribution in [3.8, 4) is 0 Å². The summed E-state index contributed by atoms with van der Waals surface area (Å²) in [6.07, 6.45) is 1.62. The fourth-order valence-electron chi connectivity index (χ4n) is 1.71. The van der Waals surface area contributed by atoms with E-state index in [9.17, 15) is 0 Å². The standard InChI is InChI=1S/C12H18N4S/c1-9(2)16-12(14-8-15-16)7-13-10(3)11-5-4-6-17-11/h4-6,8-10,13H,7H2,1-3H3. The van der Waals surface area contributed by atoms with E-state index in [1.54, 1.807) is 17.7 Å². The topological polar surface area (TPSA) is 42.7 Å². The molecule has 0 bridgehead atoms. The van der Waals surface area contributed by atoms with Crippen LogP contribution < -0.4 is 5.32 Å². The van der Waals surface area contributed by atoms with Crippen molar-refractivity contribution in [2.45, 2.75) is 39.4 Å². The number of hydrogen-bond donors (Lipinski definition) is 1. The van der Waals surface area contributed by atoms with Gasteiger partial charge in [-0.1, -0.05) is 6.07 Å². The van der Waals surface area contributed by atoms with E-state index in [1.807, 2.05) is 4.68 Å². The second-order valence-corrected chi connectivity index (χ2v) is 5.31. The molecule has 2 aromatic heterocycles. The first-order valence-electron chi connectivity index (χ1n) is 5.83. The van der Waals surface area contributed by atoms with E-state index in [0.29, 0.717) is 12.1 Å². The summed E-state index contributed by atoms with van der Waals surface area (Å²) >= 11 is 1.77. The van der Waals surface area contributed by atoms with Crippen LogP contribution in [-0.2, 0) is 6.54 Å². The molecule has 1 atom stereocenters. The zero-order chi connectivity index (χ0) is 12.3. The molecule has 1 unspecified atom stereocenters. The van der Waals surface area contributed by atoms with Gasteiger partial charge in [-0.05, 0) is 32.2 Å². The lowest BCUT2D eigenvalue weighted by Crippen LogP contribution is -2.21. The van der Waals surface area contributed by atoms with Crippen LogP contribution in [0.25, 0.3) is 0 Å². The largest absolute Gasteiger partial charge is 0.302 e. The van der Waals surface area contributed by atoms with Gasteiger partial charge in [0.1, 0.15) is 12.2 Å². The molecule has 0 aliphatic rings. The summed E-state index contributed by atoms with van der Waals surface area (Å²) in [4.78, 5) is 5.63. The molecule has 0 fully saturated rings. The van der Waals surface area contributed by atoms with Crippen molar-refractivity contribution in [3.05, 3.63) is 34.5 Å². The maximum absolute atomic E-state index is 4.28. The molecule has 0 saturated carbocycles. The molecule has 0 aliphatic carbocycles. The predicted molar refractivity (Wildman–Crippen MR) is 70.0 cm³/mol. The van der Waals surface area contributed by atoms with Crippen LogP contribution in [0.4, 0.5) is 0 Å². The summed E-state index contributed by atoms with van der Waals surface area (Å²) in [6, 6.07) is 4.93. The molecular formula is C12H18N4S. The van der Waals surface area contributed by atoms with Crippen LogP contribution in [0.1, 0.15) is 43.6 Å². The molecule has 2 aromatic rings. The zero-order valence-electron chi connectivity index (χ0n) is 10.4. The van der Waals surface area contributed by atoms with Gasteiger partial charge in [-0.2, -0.15) is 5.10 Å². The van der Waals surface area contributed by atoms with Gasteiger partial charge < -0.3 is 5.32 Å². The van der Waals surface area contributed by atoms with Crippen LogP contribution in [0, 0.1) is 0 Å². The van der Waals surface area contributed by atoms with E-state index in [0.717, 1.165) is 12.4 Å². The summed E-state index contributed by atoms with van der Waals surface area (Å²) in [6.45, 7) is 7.14. The number of nitrogens with one attached hydrogen (secondary N) is 1. The van der Waals surface area contributed by atoms with E-state index >= 15 is 0 Å². The van der Waals surface area contributed by atoms with E-state index < -0.39 is 0 Å². The first kappa shape index (κ1) is 12.3. The van der Waals surface area contributed by atoms with Gasteiger partial charge in [0.2, 0.25) is 0 Å². The van der Waals surface area contributed by atoms with Gasteiger partial charge in [-0.3, -0.25) is 0 Å². The minimum absolute atomic E-state index is 0.353. The van der Waals surface area contributed by atoms with Gasteiger partial charge in [0.05, 0.1) is 6.54 Å². The van der Waals surface area contributed by atoms with E-state index in [1.165, 1.54) is 4.88 Å².